The number of unbranched alkanes of at least 4 members (excludes halogenated alkanes) is 1. The summed E-state index contributed by atoms with van der Waals surface area (Å²) in [6.07, 6.45) is 1.77. The molecule has 0 aliphatic rings. The molecule has 1 atom stereocenters. The van der Waals surface area contributed by atoms with Crippen molar-refractivity contribution in [3.8, 4) is 0 Å². The Morgan fingerprint density at radius 3 is 2.53 bits per heavy atom. The molecule has 1 aromatic carbocycles. The summed E-state index contributed by atoms with van der Waals surface area (Å²) in [5.41, 5.74) is 1.20. The second-order valence-electron chi connectivity index (χ2n) is 3.51. The van der Waals surface area contributed by atoms with Crippen molar-refractivity contribution in [2.24, 2.45) is 5.16 Å². The average Bonchev–Trinajstić information content (AvgIpc) is 2.31. The van der Waals surface area contributed by atoms with E-state index in [0.717, 1.165) is 18.4 Å². The van der Waals surface area contributed by atoms with Gasteiger partial charge in [0.25, 0.3) is 0 Å². The second kappa shape index (κ2) is 6.19. The summed E-state index contributed by atoms with van der Waals surface area (Å²) in [6.45, 7) is 2.06. The summed E-state index contributed by atoms with van der Waals surface area (Å²) in [4.78, 5) is 0. The van der Waals surface area contributed by atoms with Crippen molar-refractivity contribution in [3.05, 3.63) is 35.9 Å². The van der Waals surface area contributed by atoms with E-state index in [1.165, 1.54) is 0 Å². The normalized spacial score (nSPS) is 13.9. The smallest absolute Gasteiger partial charge is 0.120 e. The van der Waals surface area contributed by atoms with Crippen molar-refractivity contribution in [3.63, 3.8) is 0 Å². The predicted molar refractivity (Wildman–Crippen MR) is 60.1 cm³/mol. The van der Waals surface area contributed by atoms with E-state index in [0.29, 0.717) is 12.1 Å². The third-order valence-electron chi connectivity index (χ3n) is 2.35. The average molecular weight is 207 g/mol. The number of hydrogen-bond acceptors (Lipinski definition) is 3. The van der Waals surface area contributed by atoms with Gasteiger partial charge in [-0.1, -0.05) is 48.8 Å². The molecule has 2 N–H and O–H groups in total. The van der Waals surface area contributed by atoms with Crippen LogP contribution in [-0.4, -0.2) is 16.0 Å². The Morgan fingerprint density at radius 1 is 1.33 bits per heavy atom. The van der Waals surface area contributed by atoms with Crippen LogP contribution in [0.2, 0.25) is 0 Å². The van der Waals surface area contributed by atoms with E-state index >= 15 is 0 Å². The Kier molecular flexibility index (Phi) is 4.84. The first kappa shape index (κ1) is 11.7. The van der Waals surface area contributed by atoms with Gasteiger partial charge in [-0.05, 0) is 18.4 Å². The maximum absolute atomic E-state index is 9.92. The summed E-state index contributed by atoms with van der Waals surface area (Å²) in [5, 5.41) is 21.9. The third-order valence-corrected chi connectivity index (χ3v) is 2.35. The summed E-state index contributed by atoms with van der Waals surface area (Å²) >= 11 is 0. The van der Waals surface area contributed by atoms with Gasteiger partial charge in [0.05, 0.1) is 5.71 Å². The highest BCUT2D eigenvalue weighted by Gasteiger charge is 2.14. The van der Waals surface area contributed by atoms with Crippen LogP contribution in [0.25, 0.3) is 0 Å². The van der Waals surface area contributed by atoms with Gasteiger partial charge in [-0.25, -0.2) is 0 Å². The highest BCUT2D eigenvalue weighted by molar-refractivity contribution is 5.88. The number of hydrogen-bond donors (Lipinski definition) is 2. The first-order valence-electron chi connectivity index (χ1n) is 5.23. The van der Waals surface area contributed by atoms with Crippen LogP contribution in [0.5, 0.6) is 0 Å². The molecule has 1 unspecified atom stereocenters. The summed E-state index contributed by atoms with van der Waals surface area (Å²) in [5.74, 6) is 0. The highest BCUT2D eigenvalue weighted by Crippen LogP contribution is 2.17. The van der Waals surface area contributed by atoms with E-state index in [2.05, 4.69) is 12.1 Å². The van der Waals surface area contributed by atoms with Crippen LogP contribution in [0, 0.1) is 0 Å². The second-order valence-corrected chi connectivity index (χ2v) is 3.51. The molecule has 0 saturated carbocycles. The topological polar surface area (TPSA) is 52.8 Å². The Bertz CT molecular complexity index is 309. The minimum absolute atomic E-state index is 0.433. The fourth-order valence-corrected chi connectivity index (χ4v) is 1.43. The molecule has 0 saturated heterocycles. The van der Waals surface area contributed by atoms with Crippen molar-refractivity contribution in [1.82, 2.24) is 0 Å². The zero-order valence-corrected chi connectivity index (χ0v) is 8.93. The van der Waals surface area contributed by atoms with E-state index in [-0.39, 0.29) is 0 Å². The Morgan fingerprint density at radius 2 is 2.00 bits per heavy atom. The molecule has 82 valence electrons. The molecular weight excluding hydrogens is 190 g/mol. The van der Waals surface area contributed by atoms with Crippen LogP contribution >= 0.6 is 0 Å². The van der Waals surface area contributed by atoms with Crippen LogP contribution in [0.1, 0.15) is 37.9 Å². The highest BCUT2D eigenvalue weighted by atomic mass is 16.4. The van der Waals surface area contributed by atoms with Gasteiger partial charge < -0.3 is 10.3 Å². The van der Waals surface area contributed by atoms with E-state index in [4.69, 9.17) is 5.21 Å². The van der Waals surface area contributed by atoms with Crippen LogP contribution in [0.4, 0.5) is 0 Å². The maximum Gasteiger partial charge on any atom is 0.120 e. The van der Waals surface area contributed by atoms with Gasteiger partial charge >= 0.3 is 0 Å². The minimum atomic E-state index is -0.789. The Balaban J connectivity index is 2.70. The molecule has 0 amide bonds. The lowest BCUT2D eigenvalue weighted by molar-refractivity contribution is 0.231. The van der Waals surface area contributed by atoms with Gasteiger partial charge in [0, 0.05) is 0 Å². The largest absolute Gasteiger partial charge is 0.411 e. The molecule has 3 heteroatoms. The van der Waals surface area contributed by atoms with Gasteiger partial charge in [0.1, 0.15) is 6.10 Å². The van der Waals surface area contributed by atoms with Gasteiger partial charge in [0.15, 0.2) is 0 Å². The quantitative estimate of drug-likeness (QED) is 0.443. The van der Waals surface area contributed by atoms with Crippen molar-refractivity contribution >= 4 is 5.71 Å². The molecular formula is C12H17NO2. The Hall–Kier alpha value is -1.35. The molecule has 0 fully saturated rings. The fraction of sp³-hybridized carbons (Fsp3) is 0.417. The lowest BCUT2D eigenvalue weighted by Crippen LogP contribution is -2.12. The molecule has 3 nitrogen and oxygen atoms in total. The molecule has 0 spiro atoms. The van der Waals surface area contributed by atoms with Crippen LogP contribution in [-0.2, 0) is 0 Å². The SMILES string of the molecule is CCCC/C(=N/O)C(O)c1ccccc1. The van der Waals surface area contributed by atoms with Crippen molar-refractivity contribution in [1.29, 1.82) is 0 Å². The fourth-order valence-electron chi connectivity index (χ4n) is 1.43. The van der Waals surface area contributed by atoms with E-state index in [9.17, 15) is 5.11 Å². The number of aliphatic hydroxyl groups is 1. The van der Waals surface area contributed by atoms with Gasteiger partial charge in [-0.3, -0.25) is 0 Å². The standard InChI is InChI=1S/C12H17NO2/c1-2-3-9-11(13-15)12(14)10-7-5-4-6-8-10/h4-8,12,14-15H,2-3,9H2,1H3/b13-11-. The summed E-state index contributed by atoms with van der Waals surface area (Å²) in [7, 11) is 0. The predicted octanol–water partition coefficient (Wildman–Crippen LogP) is 2.74. The van der Waals surface area contributed by atoms with Crippen LogP contribution in [0.3, 0.4) is 0 Å². The zero-order valence-electron chi connectivity index (χ0n) is 8.93. The molecule has 15 heavy (non-hydrogen) atoms. The zero-order chi connectivity index (χ0) is 11.1. The maximum atomic E-state index is 9.92. The minimum Gasteiger partial charge on any atom is -0.411 e. The lowest BCUT2D eigenvalue weighted by atomic mass is 10.0. The first-order chi connectivity index (χ1) is 7.29. The van der Waals surface area contributed by atoms with Gasteiger partial charge in [-0.2, -0.15) is 0 Å². The van der Waals surface area contributed by atoms with Crippen molar-refractivity contribution in [2.75, 3.05) is 0 Å². The summed E-state index contributed by atoms with van der Waals surface area (Å²) in [6, 6.07) is 9.24. The van der Waals surface area contributed by atoms with E-state index in [1.54, 1.807) is 0 Å². The van der Waals surface area contributed by atoms with Crippen LogP contribution in [0.15, 0.2) is 35.5 Å². The number of benzene rings is 1. The van der Waals surface area contributed by atoms with E-state index in [1.807, 2.05) is 30.3 Å². The lowest BCUT2D eigenvalue weighted by Gasteiger charge is -2.12. The number of rotatable bonds is 5. The molecule has 1 aromatic rings. The molecule has 0 aliphatic carbocycles. The third kappa shape index (κ3) is 3.36. The van der Waals surface area contributed by atoms with Crippen LogP contribution < -0.4 is 0 Å². The summed E-state index contributed by atoms with van der Waals surface area (Å²) < 4.78 is 0. The molecule has 0 aromatic heterocycles. The number of oxime groups is 1. The molecule has 0 bridgehead atoms. The van der Waals surface area contributed by atoms with Crippen molar-refractivity contribution < 1.29 is 10.3 Å². The number of aliphatic hydroxyl groups excluding tert-OH is 1. The first-order valence-corrected chi connectivity index (χ1v) is 5.23. The van der Waals surface area contributed by atoms with Gasteiger partial charge in [-0.15, -0.1) is 0 Å². The van der Waals surface area contributed by atoms with E-state index < -0.39 is 6.10 Å². The monoisotopic (exact) mass is 207 g/mol. The molecule has 0 heterocycles. The number of nitrogens with zero attached hydrogens (tertiary/aromatic N) is 1. The van der Waals surface area contributed by atoms with Crippen molar-refractivity contribution in [2.45, 2.75) is 32.3 Å². The molecule has 0 radical (unpaired) electrons. The van der Waals surface area contributed by atoms with Gasteiger partial charge in [0.2, 0.25) is 0 Å². The molecule has 1 rings (SSSR count). The Labute approximate surface area is 90.1 Å². The molecule has 0 aliphatic heterocycles.